The van der Waals surface area contributed by atoms with Gasteiger partial charge in [0.2, 0.25) is 0 Å². The van der Waals surface area contributed by atoms with Gasteiger partial charge >= 0.3 is 0 Å². The van der Waals surface area contributed by atoms with E-state index < -0.39 is 0 Å². The number of methoxy groups -OCH3 is 1. The Morgan fingerprint density at radius 3 is 2.55 bits per heavy atom. The lowest BCUT2D eigenvalue weighted by Crippen LogP contribution is -2.21. The summed E-state index contributed by atoms with van der Waals surface area (Å²) < 4.78 is 24.6. The van der Waals surface area contributed by atoms with Crippen molar-refractivity contribution in [3.63, 3.8) is 0 Å². The van der Waals surface area contributed by atoms with Gasteiger partial charge < -0.3 is 9.47 Å². The predicted molar refractivity (Wildman–Crippen MR) is 119 cm³/mol. The molecule has 0 radical (unpaired) electrons. The van der Waals surface area contributed by atoms with Gasteiger partial charge in [0, 0.05) is 0 Å². The number of ether oxygens (including phenoxy) is 2. The number of amides is 1. The molecule has 0 spiro atoms. The Kier molecular flexibility index (Phi) is 5.80. The molecule has 3 aromatic rings. The monoisotopic (exact) mass is 416 g/mol. The fourth-order valence-electron chi connectivity index (χ4n) is 3.28. The van der Waals surface area contributed by atoms with Crippen LogP contribution < -0.4 is 14.5 Å². The summed E-state index contributed by atoms with van der Waals surface area (Å²) in [6.07, 6.45) is 1.78. The van der Waals surface area contributed by atoms with Crippen LogP contribution in [0.25, 0.3) is 6.08 Å². The van der Waals surface area contributed by atoms with Crippen LogP contribution in [-0.4, -0.2) is 18.7 Å². The Balaban J connectivity index is 1.54. The first-order valence-corrected chi connectivity index (χ1v) is 9.77. The fourth-order valence-corrected chi connectivity index (χ4v) is 3.28. The van der Waals surface area contributed by atoms with Crippen molar-refractivity contribution in [2.75, 3.05) is 12.1 Å². The van der Waals surface area contributed by atoms with Gasteiger partial charge in [-0.1, -0.05) is 36.4 Å². The zero-order chi connectivity index (χ0) is 21.8. The highest BCUT2D eigenvalue weighted by Crippen LogP contribution is 2.31. The van der Waals surface area contributed by atoms with E-state index in [0.29, 0.717) is 28.5 Å². The van der Waals surface area contributed by atoms with Crippen LogP contribution in [0.5, 0.6) is 11.5 Å². The topological polar surface area (TPSA) is 51.1 Å². The molecule has 0 saturated carbocycles. The number of hydrogen-bond donors (Lipinski definition) is 0. The van der Waals surface area contributed by atoms with Gasteiger partial charge in [0.05, 0.1) is 24.1 Å². The smallest absolute Gasteiger partial charge is 0.280 e. The second kappa shape index (κ2) is 8.83. The number of halogens is 1. The number of nitrogens with zero attached hydrogens (tertiary/aromatic N) is 2. The molecule has 31 heavy (non-hydrogen) atoms. The molecule has 5 nitrogen and oxygen atoms in total. The number of benzene rings is 3. The number of para-hydroxylation sites is 1. The van der Waals surface area contributed by atoms with E-state index in [-0.39, 0.29) is 18.3 Å². The fraction of sp³-hybridized carbons (Fsp3) is 0.120. The summed E-state index contributed by atoms with van der Waals surface area (Å²) in [5, 5.41) is 5.79. The summed E-state index contributed by atoms with van der Waals surface area (Å²) in [5.41, 5.74) is 3.37. The SMILES string of the molecule is COc1cc(/C=C2/C(=O)N(c3ccccc3)N=C2C)ccc1OCc1cccc(F)c1. The summed E-state index contributed by atoms with van der Waals surface area (Å²) in [5.74, 6) is 0.556. The molecule has 156 valence electrons. The third-order valence-electron chi connectivity index (χ3n) is 4.85. The van der Waals surface area contributed by atoms with Gasteiger partial charge in [-0.25, -0.2) is 4.39 Å². The van der Waals surface area contributed by atoms with E-state index in [2.05, 4.69) is 5.10 Å². The second-order valence-corrected chi connectivity index (χ2v) is 7.02. The minimum absolute atomic E-state index is 0.186. The molecule has 0 aromatic heterocycles. The molecular weight excluding hydrogens is 395 g/mol. The number of carbonyl (C=O) groups excluding carboxylic acids is 1. The highest BCUT2D eigenvalue weighted by Gasteiger charge is 2.28. The summed E-state index contributed by atoms with van der Waals surface area (Å²) >= 11 is 0. The normalized spacial score (nSPS) is 14.7. The first-order valence-electron chi connectivity index (χ1n) is 9.77. The highest BCUT2D eigenvalue weighted by atomic mass is 19.1. The van der Waals surface area contributed by atoms with E-state index in [0.717, 1.165) is 11.1 Å². The molecule has 3 aromatic carbocycles. The minimum atomic E-state index is -0.308. The number of rotatable bonds is 6. The van der Waals surface area contributed by atoms with Crippen LogP contribution in [-0.2, 0) is 11.4 Å². The molecule has 1 aliphatic heterocycles. The van der Waals surface area contributed by atoms with Crippen LogP contribution in [0.2, 0.25) is 0 Å². The van der Waals surface area contributed by atoms with Crippen molar-refractivity contribution in [1.29, 1.82) is 0 Å². The average molecular weight is 416 g/mol. The molecule has 1 amide bonds. The molecule has 0 fully saturated rings. The number of hydrogen-bond acceptors (Lipinski definition) is 4. The number of anilines is 1. The van der Waals surface area contributed by atoms with E-state index >= 15 is 0 Å². The van der Waals surface area contributed by atoms with Crippen molar-refractivity contribution >= 4 is 23.4 Å². The molecule has 1 heterocycles. The number of hydrazone groups is 1. The predicted octanol–water partition coefficient (Wildman–Crippen LogP) is 5.22. The molecule has 0 aliphatic carbocycles. The van der Waals surface area contributed by atoms with Crippen LogP contribution >= 0.6 is 0 Å². The lowest BCUT2D eigenvalue weighted by molar-refractivity contribution is -0.114. The van der Waals surface area contributed by atoms with Gasteiger partial charge in [-0.2, -0.15) is 10.1 Å². The van der Waals surface area contributed by atoms with E-state index in [1.165, 1.54) is 17.1 Å². The zero-order valence-corrected chi connectivity index (χ0v) is 17.2. The molecule has 4 rings (SSSR count). The maximum absolute atomic E-state index is 13.4. The molecule has 0 bridgehead atoms. The van der Waals surface area contributed by atoms with Crippen LogP contribution in [0.4, 0.5) is 10.1 Å². The van der Waals surface area contributed by atoms with E-state index in [4.69, 9.17) is 9.47 Å². The maximum Gasteiger partial charge on any atom is 0.280 e. The quantitative estimate of drug-likeness (QED) is 0.518. The highest BCUT2D eigenvalue weighted by molar-refractivity contribution is 6.32. The van der Waals surface area contributed by atoms with Gasteiger partial charge in [0.1, 0.15) is 12.4 Å². The first kappa shape index (κ1) is 20.3. The van der Waals surface area contributed by atoms with Crippen molar-refractivity contribution in [1.82, 2.24) is 0 Å². The number of carbonyl (C=O) groups is 1. The Morgan fingerprint density at radius 2 is 1.81 bits per heavy atom. The lowest BCUT2D eigenvalue weighted by atomic mass is 10.1. The Morgan fingerprint density at radius 1 is 1.00 bits per heavy atom. The van der Waals surface area contributed by atoms with Gasteiger partial charge in [-0.3, -0.25) is 4.79 Å². The molecule has 0 N–H and O–H groups in total. The Bertz CT molecular complexity index is 1170. The summed E-state index contributed by atoms with van der Waals surface area (Å²) in [6.45, 7) is 2.02. The maximum atomic E-state index is 13.4. The van der Waals surface area contributed by atoms with E-state index in [1.807, 2.05) is 36.4 Å². The van der Waals surface area contributed by atoms with Crippen LogP contribution in [0.3, 0.4) is 0 Å². The standard InChI is InChI=1S/C25H21FN2O3/c1-17-22(25(29)28(27-17)21-9-4-3-5-10-21)14-18-11-12-23(24(15-18)30-2)31-16-19-7-6-8-20(26)13-19/h3-15H,16H2,1-2H3/b22-14+. The zero-order valence-electron chi connectivity index (χ0n) is 17.2. The minimum Gasteiger partial charge on any atom is -0.493 e. The average Bonchev–Trinajstić information content (AvgIpc) is 3.07. The largest absolute Gasteiger partial charge is 0.493 e. The van der Waals surface area contributed by atoms with Crippen LogP contribution in [0.1, 0.15) is 18.1 Å². The second-order valence-electron chi connectivity index (χ2n) is 7.02. The van der Waals surface area contributed by atoms with Gasteiger partial charge in [-0.05, 0) is 60.5 Å². The van der Waals surface area contributed by atoms with Crippen LogP contribution in [0.15, 0.2) is 83.5 Å². The van der Waals surface area contributed by atoms with Gasteiger partial charge in [0.15, 0.2) is 11.5 Å². The summed E-state index contributed by atoms with van der Waals surface area (Å²) in [4.78, 5) is 12.9. The van der Waals surface area contributed by atoms with Crippen molar-refractivity contribution in [3.05, 3.63) is 95.3 Å². The third kappa shape index (κ3) is 4.48. The molecule has 1 aliphatic rings. The van der Waals surface area contributed by atoms with E-state index in [9.17, 15) is 9.18 Å². The first-order chi connectivity index (χ1) is 15.0. The van der Waals surface area contributed by atoms with E-state index in [1.54, 1.807) is 44.4 Å². The Hall–Kier alpha value is -3.93. The molecule has 6 heteroatoms. The third-order valence-corrected chi connectivity index (χ3v) is 4.85. The van der Waals surface area contributed by atoms with Gasteiger partial charge in [0.25, 0.3) is 5.91 Å². The molecule has 0 unspecified atom stereocenters. The van der Waals surface area contributed by atoms with Crippen molar-refractivity contribution in [3.8, 4) is 11.5 Å². The summed E-state index contributed by atoms with van der Waals surface area (Å²) in [6, 6.07) is 20.9. The van der Waals surface area contributed by atoms with Crippen molar-refractivity contribution in [2.24, 2.45) is 5.10 Å². The van der Waals surface area contributed by atoms with Crippen molar-refractivity contribution in [2.45, 2.75) is 13.5 Å². The lowest BCUT2D eigenvalue weighted by Gasteiger charge is -2.12. The summed E-state index contributed by atoms with van der Waals surface area (Å²) in [7, 11) is 1.55. The molecular formula is C25H21FN2O3. The Labute approximate surface area is 180 Å². The molecule has 0 atom stereocenters. The van der Waals surface area contributed by atoms with Crippen molar-refractivity contribution < 1.29 is 18.7 Å². The van der Waals surface area contributed by atoms with Crippen LogP contribution in [0, 0.1) is 5.82 Å². The van der Waals surface area contributed by atoms with Gasteiger partial charge in [-0.15, -0.1) is 0 Å². The molecule has 0 saturated heterocycles.